The van der Waals surface area contributed by atoms with Crippen molar-refractivity contribution in [3.8, 4) is 11.5 Å². The zero-order chi connectivity index (χ0) is 21.3. The topological polar surface area (TPSA) is 83.2 Å². The van der Waals surface area contributed by atoms with Crippen LogP contribution in [0.25, 0.3) is 0 Å². The van der Waals surface area contributed by atoms with Crippen molar-refractivity contribution < 1.29 is 19.2 Å². The van der Waals surface area contributed by atoms with Crippen LogP contribution in [0.5, 0.6) is 11.5 Å². The summed E-state index contributed by atoms with van der Waals surface area (Å²) in [6.45, 7) is 2.62. The highest BCUT2D eigenvalue weighted by atomic mass is 16.6. The number of methoxy groups -OCH3 is 1. The fraction of sp³-hybridized carbons (Fsp3) is 0.174. The normalized spacial score (nSPS) is 10.7. The van der Waals surface area contributed by atoms with Crippen LogP contribution in [0, 0.1) is 17.0 Å². The van der Waals surface area contributed by atoms with Gasteiger partial charge < -0.3 is 14.3 Å². The van der Waals surface area contributed by atoms with E-state index in [1.165, 1.54) is 17.7 Å². The van der Waals surface area contributed by atoms with Crippen LogP contribution in [0.1, 0.15) is 22.3 Å². The molecule has 0 saturated heterocycles. The first-order chi connectivity index (χ1) is 14.5. The molecule has 30 heavy (non-hydrogen) atoms. The maximum Gasteiger partial charge on any atom is 0.269 e. The van der Waals surface area contributed by atoms with E-state index in [-0.39, 0.29) is 12.3 Å². The second kappa shape index (κ2) is 10.1. The second-order valence-corrected chi connectivity index (χ2v) is 6.62. The number of hydrogen-bond acceptors (Lipinski definition) is 6. The Morgan fingerprint density at radius 3 is 2.50 bits per heavy atom. The lowest BCUT2D eigenvalue weighted by Gasteiger charge is -2.11. The minimum absolute atomic E-state index is 0.0195. The van der Waals surface area contributed by atoms with E-state index in [9.17, 15) is 10.1 Å². The summed E-state index contributed by atoms with van der Waals surface area (Å²) in [5.74, 6) is 1.22. The number of oxime groups is 1. The van der Waals surface area contributed by atoms with Gasteiger partial charge in [-0.3, -0.25) is 10.1 Å². The lowest BCUT2D eigenvalue weighted by Crippen LogP contribution is -1.98. The Hall–Kier alpha value is -3.87. The molecule has 3 aromatic carbocycles. The highest BCUT2D eigenvalue weighted by Crippen LogP contribution is 2.28. The molecule has 0 saturated carbocycles. The number of benzene rings is 3. The average molecular weight is 406 g/mol. The van der Waals surface area contributed by atoms with Gasteiger partial charge in [-0.15, -0.1) is 0 Å². The highest BCUT2D eigenvalue weighted by Gasteiger charge is 2.07. The first-order valence-electron chi connectivity index (χ1n) is 9.30. The standard InChI is InChI=1S/C23H22N2O5/c1-17-6-8-18(9-7-17)15-29-22-11-10-19(13-23(22)28-2)14-24-30-16-20-4-3-5-21(12-20)25(26)27/h3-14H,15-16H2,1-2H3/b24-14-. The van der Waals surface area contributed by atoms with Gasteiger partial charge in [0.15, 0.2) is 11.5 Å². The zero-order valence-electron chi connectivity index (χ0n) is 16.8. The molecule has 0 N–H and O–H groups in total. The fourth-order valence-electron chi connectivity index (χ4n) is 2.70. The molecule has 0 spiro atoms. The molecule has 0 bridgehead atoms. The Balaban J connectivity index is 1.58. The number of nitrogens with zero attached hydrogens (tertiary/aromatic N) is 2. The van der Waals surface area contributed by atoms with Crippen LogP contribution in [0.2, 0.25) is 0 Å². The maximum atomic E-state index is 10.8. The Morgan fingerprint density at radius 1 is 0.967 bits per heavy atom. The van der Waals surface area contributed by atoms with E-state index in [2.05, 4.69) is 5.16 Å². The summed E-state index contributed by atoms with van der Waals surface area (Å²) >= 11 is 0. The van der Waals surface area contributed by atoms with Crippen LogP contribution in [-0.2, 0) is 18.1 Å². The fourth-order valence-corrected chi connectivity index (χ4v) is 2.70. The Bertz CT molecular complexity index is 1030. The summed E-state index contributed by atoms with van der Waals surface area (Å²) in [5.41, 5.74) is 3.73. The second-order valence-electron chi connectivity index (χ2n) is 6.62. The van der Waals surface area contributed by atoms with Gasteiger partial charge >= 0.3 is 0 Å². The first-order valence-corrected chi connectivity index (χ1v) is 9.30. The molecule has 0 aliphatic rings. The predicted molar refractivity (Wildman–Crippen MR) is 114 cm³/mol. The van der Waals surface area contributed by atoms with Gasteiger partial charge in [0.2, 0.25) is 0 Å². The third kappa shape index (κ3) is 5.81. The molecule has 0 atom stereocenters. The van der Waals surface area contributed by atoms with Gasteiger partial charge in [0.25, 0.3) is 5.69 Å². The minimum atomic E-state index is -0.443. The molecular weight excluding hydrogens is 384 g/mol. The van der Waals surface area contributed by atoms with Gasteiger partial charge in [-0.2, -0.15) is 0 Å². The lowest BCUT2D eigenvalue weighted by atomic mass is 10.2. The highest BCUT2D eigenvalue weighted by molar-refractivity contribution is 5.80. The molecule has 0 amide bonds. The van der Waals surface area contributed by atoms with Crippen molar-refractivity contribution in [1.82, 2.24) is 0 Å². The van der Waals surface area contributed by atoms with E-state index in [0.717, 1.165) is 11.1 Å². The monoisotopic (exact) mass is 406 g/mol. The summed E-state index contributed by atoms with van der Waals surface area (Å²) in [4.78, 5) is 15.6. The molecule has 154 valence electrons. The summed E-state index contributed by atoms with van der Waals surface area (Å²) in [7, 11) is 1.58. The van der Waals surface area contributed by atoms with Crippen molar-refractivity contribution in [2.24, 2.45) is 5.16 Å². The molecule has 0 aliphatic heterocycles. The van der Waals surface area contributed by atoms with E-state index >= 15 is 0 Å². The van der Waals surface area contributed by atoms with E-state index in [1.54, 1.807) is 31.5 Å². The zero-order valence-corrected chi connectivity index (χ0v) is 16.8. The molecule has 3 rings (SSSR count). The molecular formula is C23H22N2O5. The molecule has 0 radical (unpaired) electrons. The third-order valence-electron chi connectivity index (χ3n) is 4.33. The van der Waals surface area contributed by atoms with Crippen molar-refractivity contribution in [3.05, 3.63) is 99.1 Å². The molecule has 0 heterocycles. The SMILES string of the molecule is COc1cc(/C=N\OCc2cccc([N+](=O)[O-])c2)ccc1OCc1ccc(C)cc1. The van der Waals surface area contributed by atoms with Crippen LogP contribution in [0.3, 0.4) is 0 Å². The van der Waals surface area contributed by atoms with Crippen LogP contribution in [0.4, 0.5) is 5.69 Å². The van der Waals surface area contributed by atoms with Gasteiger partial charge in [0.1, 0.15) is 13.2 Å². The number of hydrogen-bond donors (Lipinski definition) is 0. The van der Waals surface area contributed by atoms with Gasteiger partial charge in [-0.1, -0.05) is 47.1 Å². The molecule has 7 nitrogen and oxygen atoms in total. The Morgan fingerprint density at radius 2 is 1.77 bits per heavy atom. The summed E-state index contributed by atoms with van der Waals surface area (Å²) < 4.78 is 11.3. The van der Waals surface area contributed by atoms with Crippen LogP contribution in [0.15, 0.2) is 71.9 Å². The first kappa shape index (κ1) is 20.9. The summed E-state index contributed by atoms with van der Waals surface area (Å²) in [5, 5.41) is 14.7. The summed E-state index contributed by atoms with van der Waals surface area (Å²) in [6, 6.07) is 19.8. The molecule has 0 aliphatic carbocycles. The van der Waals surface area contributed by atoms with E-state index in [0.29, 0.717) is 23.7 Å². The lowest BCUT2D eigenvalue weighted by molar-refractivity contribution is -0.384. The van der Waals surface area contributed by atoms with Crippen LogP contribution >= 0.6 is 0 Å². The predicted octanol–water partition coefficient (Wildman–Crippen LogP) is 5.04. The third-order valence-corrected chi connectivity index (χ3v) is 4.33. The van der Waals surface area contributed by atoms with Gasteiger partial charge in [-0.05, 0) is 36.2 Å². The number of aryl methyl sites for hydroxylation is 1. The molecule has 0 fully saturated rings. The van der Waals surface area contributed by atoms with E-state index in [4.69, 9.17) is 14.3 Å². The van der Waals surface area contributed by atoms with Crippen molar-refractivity contribution in [3.63, 3.8) is 0 Å². The Kier molecular flexibility index (Phi) is 7.00. The minimum Gasteiger partial charge on any atom is -0.493 e. The molecule has 0 unspecified atom stereocenters. The smallest absolute Gasteiger partial charge is 0.269 e. The number of non-ortho nitro benzene ring substituents is 1. The largest absolute Gasteiger partial charge is 0.493 e. The van der Waals surface area contributed by atoms with Crippen molar-refractivity contribution >= 4 is 11.9 Å². The van der Waals surface area contributed by atoms with Crippen LogP contribution in [-0.4, -0.2) is 18.2 Å². The van der Waals surface area contributed by atoms with Gasteiger partial charge in [0.05, 0.1) is 18.2 Å². The summed E-state index contributed by atoms with van der Waals surface area (Å²) in [6.07, 6.45) is 1.55. The number of ether oxygens (including phenoxy) is 2. The van der Waals surface area contributed by atoms with E-state index < -0.39 is 4.92 Å². The molecule has 7 heteroatoms. The van der Waals surface area contributed by atoms with Gasteiger partial charge in [-0.25, -0.2) is 0 Å². The Labute approximate surface area is 174 Å². The maximum absolute atomic E-state index is 10.8. The van der Waals surface area contributed by atoms with Gasteiger partial charge in [0, 0.05) is 17.7 Å². The quantitative estimate of drug-likeness (QED) is 0.282. The van der Waals surface area contributed by atoms with Crippen molar-refractivity contribution in [1.29, 1.82) is 0 Å². The number of nitro groups is 1. The molecule has 3 aromatic rings. The van der Waals surface area contributed by atoms with E-state index in [1.807, 2.05) is 43.3 Å². The number of rotatable bonds is 9. The number of nitro benzene ring substituents is 1. The van der Waals surface area contributed by atoms with Crippen LogP contribution < -0.4 is 9.47 Å². The van der Waals surface area contributed by atoms with Crippen molar-refractivity contribution in [2.45, 2.75) is 20.1 Å². The molecule has 0 aromatic heterocycles. The van der Waals surface area contributed by atoms with Crippen molar-refractivity contribution in [2.75, 3.05) is 7.11 Å². The average Bonchev–Trinajstić information content (AvgIpc) is 2.77.